The molecule has 1 aliphatic heterocycles. The Morgan fingerprint density at radius 3 is 2.71 bits per heavy atom. The summed E-state index contributed by atoms with van der Waals surface area (Å²) in [5.74, 6) is -1.70. The zero-order valence-corrected chi connectivity index (χ0v) is 13.0. The third-order valence-corrected chi connectivity index (χ3v) is 4.28. The van der Waals surface area contributed by atoms with Gasteiger partial charge in [-0.05, 0) is 35.9 Å². The minimum Gasteiger partial charge on any atom is -0.312 e. The Balaban J connectivity index is 1.78. The molecule has 0 fully saturated rings. The van der Waals surface area contributed by atoms with Crippen LogP contribution in [0.1, 0.15) is 16.8 Å². The highest BCUT2D eigenvalue weighted by atomic mass is 19.2. The van der Waals surface area contributed by atoms with E-state index in [1.807, 2.05) is 16.8 Å². The smallest absolute Gasteiger partial charge is 0.159 e. The molecule has 3 aromatic rings. The van der Waals surface area contributed by atoms with Gasteiger partial charge >= 0.3 is 0 Å². The average molecular weight is 326 g/mol. The van der Waals surface area contributed by atoms with Crippen molar-refractivity contribution in [2.75, 3.05) is 6.54 Å². The fraction of sp³-hybridized carbons (Fsp3) is 0.222. The van der Waals surface area contributed by atoms with E-state index < -0.39 is 11.6 Å². The average Bonchev–Trinajstić information content (AvgIpc) is 2.97. The summed E-state index contributed by atoms with van der Waals surface area (Å²) >= 11 is 0. The van der Waals surface area contributed by atoms with Crippen molar-refractivity contribution in [3.05, 3.63) is 71.2 Å². The second-order valence-corrected chi connectivity index (χ2v) is 5.84. The van der Waals surface area contributed by atoms with E-state index in [2.05, 4.69) is 10.3 Å². The molecule has 0 bridgehead atoms. The molecule has 1 aliphatic rings. The van der Waals surface area contributed by atoms with Crippen LogP contribution in [0.5, 0.6) is 0 Å². The van der Waals surface area contributed by atoms with Crippen LogP contribution in [0, 0.1) is 11.6 Å². The zero-order valence-electron chi connectivity index (χ0n) is 13.0. The van der Waals surface area contributed by atoms with Gasteiger partial charge in [-0.2, -0.15) is 5.10 Å². The molecule has 0 saturated heterocycles. The number of rotatable bonds is 3. The second kappa shape index (κ2) is 6.13. The molecule has 0 aliphatic carbocycles. The lowest BCUT2D eigenvalue weighted by Crippen LogP contribution is -2.25. The monoisotopic (exact) mass is 326 g/mol. The van der Waals surface area contributed by atoms with Gasteiger partial charge in [-0.1, -0.05) is 0 Å². The lowest BCUT2D eigenvalue weighted by Gasteiger charge is -2.15. The highest BCUT2D eigenvalue weighted by molar-refractivity contribution is 5.64. The fourth-order valence-electron chi connectivity index (χ4n) is 3.09. The molecule has 4 nitrogen and oxygen atoms in total. The predicted molar refractivity (Wildman–Crippen MR) is 86.3 cm³/mol. The molecule has 0 unspecified atom stereocenters. The van der Waals surface area contributed by atoms with Crippen molar-refractivity contribution in [3.8, 4) is 11.3 Å². The lowest BCUT2D eigenvalue weighted by molar-refractivity contribution is 0.509. The summed E-state index contributed by atoms with van der Waals surface area (Å²) in [7, 11) is 0. The molecule has 2 aromatic heterocycles. The Morgan fingerprint density at radius 1 is 1.08 bits per heavy atom. The zero-order chi connectivity index (χ0) is 16.5. The summed E-state index contributed by atoms with van der Waals surface area (Å²) in [5.41, 5.74) is 4.62. The number of fused-ring (bicyclic) bond motifs is 1. The first-order valence-electron chi connectivity index (χ1n) is 7.86. The van der Waals surface area contributed by atoms with Gasteiger partial charge in [0, 0.05) is 48.7 Å². The van der Waals surface area contributed by atoms with Crippen LogP contribution in [-0.4, -0.2) is 21.3 Å². The molecule has 0 radical (unpaired) electrons. The number of aromatic nitrogens is 3. The van der Waals surface area contributed by atoms with Crippen LogP contribution in [0.4, 0.5) is 8.78 Å². The molecule has 122 valence electrons. The van der Waals surface area contributed by atoms with Crippen LogP contribution in [-0.2, 0) is 19.5 Å². The van der Waals surface area contributed by atoms with E-state index >= 15 is 0 Å². The van der Waals surface area contributed by atoms with Crippen molar-refractivity contribution in [3.63, 3.8) is 0 Å². The van der Waals surface area contributed by atoms with E-state index in [9.17, 15) is 8.78 Å². The molecule has 0 amide bonds. The van der Waals surface area contributed by atoms with Crippen LogP contribution in [0.3, 0.4) is 0 Å². The first-order chi connectivity index (χ1) is 11.7. The molecule has 3 heterocycles. The highest BCUT2D eigenvalue weighted by Crippen LogP contribution is 2.29. The SMILES string of the molecule is Fc1ccc(-c2nn(Cc3ccncc3)c3c2CNCC3)cc1F. The summed E-state index contributed by atoms with van der Waals surface area (Å²) < 4.78 is 28.8. The van der Waals surface area contributed by atoms with Gasteiger partial charge in [0.15, 0.2) is 11.6 Å². The Kier molecular flexibility index (Phi) is 3.82. The van der Waals surface area contributed by atoms with Crippen molar-refractivity contribution in [2.45, 2.75) is 19.5 Å². The molecule has 6 heteroatoms. The van der Waals surface area contributed by atoms with E-state index in [1.165, 1.54) is 6.07 Å². The number of hydrogen-bond acceptors (Lipinski definition) is 3. The van der Waals surface area contributed by atoms with Crippen molar-refractivity contribution in [2.24, 2.45) is 0 Å². The molecule has 0 atom stereocenters. The Labute approximate surface area is 138 Å². The molecule has 0 saturated carbocycles. The molecule has 1 N–H and O–H groups in total. The van der Waals surface area contributed by atoms with Gasteiger partial charge in [-0.3, -0.25) is 9.67 Å². The molecule has 1 aromatic carbocycles. The number of nitrogens with one attached hydrogen (secondary N) is 1. The topological polar surface area (TPSA) is 42.7 Å². The number of nitrogens with zero attached hydrogens (tertiary/aromatic N) is 3. The maximum Gasteiger partial charge on any atom is 0.159 e. The quantitative estimate of drug-likeness (QED) is 0.805. The molecule has 0 spiro atoms. The minimum atomic E-state index is -0.853. The van der Waals surface area contributed by atoms with Crippen LogP contribution < -0.4 is 5.32 Å². The maximum absolute atomic E-state index is 13.6. The number of hydrogen-bond donors (Lipinski definition) is 1. The van der Waals surface area contributed by atoms with E-state index in [4.69, 9.17) is 5.10 Å². The minimum absolute atomic E-state index is 0.599. The lowest BCUT2D eigenvalue weighted by atomic mass is 10.0. The van der Waals surface area contributed by atoms with Gasteiger partial charge in [0.1, 0.15) is 0 Å². The van der Waals surface area contributed by atoms with Crippen LogP contribution in [0.15, 0.2) is 42.7 Å². The molecular formula is C18H16F2N4. The summed E-state index contributed by atoms with van der Waals surface area (Å²) in [4.78, 5) is 4.03. The van der Waals surface area contributed by atoms with E-state index in [0.29, 0.717) is 24.3 Å². The largest absolute Gasteiger partial charge is 0.312 e. The van der Waals surface area contributed by atoms with Gasteiger partial charge < -0.3 is 5.32 Å². The Morgan fingerprint density at radius 2 is 1.92 bits per heavy atom. The van der Waals surface area contributed by atoms with Gasteiger partial charge in [-0.15, -0.1) is 0 Å². The number of benzene rings is 1. The molecule has 4 rings (SSSR count). The van der Waals surface area contributed by atoms with E-state index in [1.54, 1.807) is 18.5 Å². The van der Waals surface area contributed by atoms with Gasteiger partial charge in [0.2, 0.25) is 0 Å². The highest BCUT2D eigenvalue weighted by Gasteiger charge is 2.22. The predicted octanol–water partition coefficient (Wildman–Crippen LogP) is 2.92. The first kappa shape index (κ1) is 15.0. The van der Waals surface area contributed by atoms with Crippen LogP contribution in [0.25, 0.3) is 11.3 Å². The third-order valence-electron chi connectivity index (χ3n) is 4.28. The first-order valence-corrected chi connectivity index (χ1v) is 7.86. The summed E-state index contributed by atoms with van der Waals surface area (Å²) in [6, 6.07) is 7.84. The van der Waals surface area contributed by atoms with Gasteiger partial charge in [-0.25, -0.2) is 8.78 Å². The molecular weight excluding hydrogens is 310 g/mol. The summed E-state index contributed by atoms with van der Waals surface area (Å²) in [6.45, 7) is 2.20. The van der Waals surface area contributed by atoms with Crippen molar-refractivity contribution in [1.29, 1.82) is 0 Å². The van der Waals surface area contributed by atoms with Gasteiger partial charge in [0.05, 0.1) is 12.2 Å². The van der Waals surface area contributed by atoms with E-state index in [0.717, 1.165) is 35.9 Å². The van der Waals surface area contributed by atoms with Crippen LogP contribution >= 0.6 is 0 Å². The van der Waals surface area contributed by atoms with Crippen LogP contribution in [0.2, 0.25) is 0 Å². The number of halogens is 2. The third kappa shape index (κ3) is 2.69. The number of pyridine rings is 1. The van der Waals surface area contributed by atoms with Crippen molar-refractivity contribution < 1.29 is 8.78 Å². The van der Waals surface area contributed by atoms with E-state index in [-0.39, 0.29) is 0 Å². The standard InChI is InChI=1S/C18H16F2N4/c19-15-2-1-13(9-16(15)20)18-14-10-22-8-5-17(14)24(23-18)11-12-3-6-21-7-4-12/h1-4,6-7,9,22H,5,8,10-11H2. The normalized spacial score (nSPS) is 13.8. The van der Waals surface area contributed by atoms with Crippen molar-refractivity contribution in [1.82, 2.24) is 20.1 Å². The Bertz CT molecular complexity index is 874. The fourth-order valence-corrected chi connectivity index (χ4v) is 3.09. The summed E-state index contributed by atoms with van der Waals surface area (Å²) in [5, 5.41) is 8.02. The summed E-state index contributed by atoms with van der Waals surface area (Å²) in [6.07, 6.45) is 4.36. The second-order valence-electron chi connectivity index (χ2n) is 5.84. The maximum atomic E-state index is 13.6. The van der Waals surface area contributed by atoms with Crippen molar-refractivity contribution >= 4 is 0 Å². The molecule has 24 heavy (non-hydrogen) atoms. The van der Waals surface area contributed by atoms with Gasteiger partial charge in [0.25, 0.3) is 0 Å². The Hall–Kier alpha value is -2.60.